The Morgan fingerprint density at radius 1 is 1.05 bits per heavy atom. The fourth-order valence-corrected chi connectivity index (χ4v) is 1.90. The van der Waals surface area contributed by atoms with E-state index in [1.54, 1.807) is 12.4 Å². The maximum Gasteiger partial charge on any atom is 0.169 e. The van der Waals surface area contributed by atoms with Crippen LogP contribution in [0.3, 0.4) is 0 Å². The molecule has 3 heterocycles. The highest BCUT2D eigenvalue weighted by Crippen LogP contribution is 2.24. The third-order valence-corrected chi connectivity index (χ3v) is 3.03. The lowest BCUT2D eigenvalue weighted by molar-refractivity contribution is -0.693. The van der Waals surface area contributed by atoms with Gasteiger partial charge in [-0.2, -0.15) is 0 Å². The largest absolute Gasteiger partial charge is 0.356 e. The van der Waals surface area contributed by atoms with Crippen LogP contribution in [0.5, 0.6) is 0 Å². The van der Waals surface area contributed by atoms with Gasteiger partial charge in [-0.15, -0.1) is 0 Å². The predicted octanol–water partition coefficient (Wildman–Crippen LogP) is 2.71. The van der Waals surface area contributed by atoms with Gasteiger partial charge in [0.1, 0.15) is 12.2 Å². The zero-order chi connectivity index (χ0) is 13.1. The van der Waals surface area contributed by atoms with Crippen LogP contribution in [0.1, 0.15) is 6.92 Å². The van der Waals surface area contributed by atoms with Crippen LogP contribution in [0.2, 0.25) is 0 Å². The van der Waals surface area contributed by atoms with Crippen molar-refractivity contribution in [1.82, 2.24) is 10.1 Å². The highest BCUT2D eigenvalue weighted by molar-refractivity contribution is 5.65. The monoisotopic (exact) mass is 252 g/mol. The fraction of sp³-hybridized carbons (Fsp3) is 0.133. The normalized spacial score (nSPS) is 10.6. The molecule has 19 heavy (non-hydrogen) atoms. The maximum atomic E-state index is 5.38. The van der Waals surface area contributed by atoms with Gasteiger partial charge in [0.2, 0.25) is 0 Å². The van der Waals surface area contributed by atoms with Crippen molar-refractivity contribution in [1.29, 1.82) is 0 Å². The third kappa shape index (κ3) is 2.38. The SMILES string of the molecule is CC[n+]1ccc(-c2cc(-c3ccncc3)on2)cc1. The Morgan fingerprint density at radius 3 is 2.47 bits per heavy atom. The molecule has 0 aromatic carbocycles. The third-order valence-electron chi connectivity index (χ3n) is 3.03. The number of rotatable bonds is 3. The van der Waals surface area contributed by atoms with Gasteiger partial charge in [0, 0.05) is 41.7 Å². The van der Waals surface area contributed by atoms with Crippen LogP contribution >= 0.6 is 0 Å². The zero-order valence-corrected chi connectivity index (χ0v) is 10.7. The van der Waals surface area contributed by atoms with Crippen molar-refractivity contribution in [3.63, 3.8) is 0 Å². The van der Waals surface area contributed by atoms with Crippen LogP contribution in [0, 0.1) is 0 Å². The average molecular weight is 252 g/mol. The lowest BCUT2D eigenvalue weighted by Gasteiger charge is -1.94. The second-order valence-electron chi connectivity index (χ2n) is 4.23. The Morgan fingerprint density at radius 2 is 1.79 bits per heavy atom. The van der Waals surface area contributed by atoms with Crippen LogP contribution in [0.25, 0.3) is 22.6 Å². The van der Waals surface area contributed by atoms with Gasteiger partial charge >= 0.3 is 0 Å². The number of hydrogen-bond donors (Lipinski definition) is 0. The summed E-state index contributed by atoms with van der Waals surface area (Å²) < 4.78 is 7.48. The van der Waals surface area contributed by atoms with E-state index in [0.717, 1.165) is 29.1 Å². The van der Waals surface area contributed by atoms with E-state index in [9.17, 15) is 0 Å². The molecule has 0 N–H and O–H groups in total. The molecule has 0 bridgehead atoms. The van der Waals surface area contributed by atoms with E-state index >= 15 is 0 Å². The minimum atomic E-state index is 0.754. The molecule has 0 radical (unpaired) electrons. The van der Waals surface area contributed by atoms with E-state index in [2.05, 4.69) is 21.6 Å². The first-order chi connectivity index (χ1) is 9.36. The lowest BCUT2D eigenvalue weighted by Crippen LogP contribution is -2.30. The first-order valence-corrected chi connectivity index (χ1v) is 6.23. The van der Waals surface area contributed by atoms with Gasteiger partial charge in [-0.25, -0.2) is 4.57 Å². The van der Waals surface area contributed by atoms with Crippen molar-refractivity contribution in [2.75, 3.05) is 0 Å². The number of aromatic nitrogens is 3. The Balaban J connectivity index is 1.92. The van der Waals surface area contributed by atoms with Crippen LogP contribution in [-0.2, 0) is 6.54 Å². The molecule has 3 rings (SSSR count). The van der Waals surface area contributed by atoms with Crippen molar-refractivity contribution in [3.8, 4) is 22.6 Å². The number of nitrogens with zero attached hydrogens (tertiary/aromatic N) is 3. The van der Waals surface area contributed by atoms with Crippen molar-refractivity contribution < 1.29 is 9.09 Å². The summed E-state index contributed by atoms with van der Waals surface area (Å²) in [7, 11) is 0. The highest BCUT2D eigenvalue weighted by Gasteiger charge is 2.09. The molecule has 0 unspecified atom stereocenters. The molecule has 0 saturated heterocycles. The Hall–Kier alpha value is -2.49. The molecule has 0 atom stereocenters. The Kier molecular flexibility index (Phi) is 3.06. The van der Waals surface area contributed by atoms with E-state index in [4.69, 9.17) is 4.52 Å². The first kappa shape index (κ1) is 11.6. The van der Waals surface area contributed by atoms with Crippen LogP contribution in [0.4, 0.5) is 0 Å². The summed E-state index contributed by atoms with van der Waals surface area (Å²) in [5.41, 5.74) is 2.87. The Labute approximate surface area is 111 Å². The number of pyridine rings is 2. The van der Waals surface area contributed by atoms with E-state index in [0.29, 0.717) is 0 Å². The second kappa shape index (κ2) is 5.02. The van der Waals surface area contributed by atoms with Gasteiger partial charge in [-0.3, -0.25) is 4.98 Å². The van der Waals surface area contributed by atoms with E-state index < -0.39 is 0 Å². The van der Waals surface area contributed by atoms with Crippen molar-refractivity contribution >= 4 is 0 Å². The predicted molar refractivity (Wildman–Crippen MR) is 71.0 cm³/mol. The molecule has 4 nitrogen and oxygen atoms in total. The van der Waals surface area contributed by atoms with Gasteiger partial charge in [0.15, 0.2) is 18.2 Å². The quantitative estimate of drug-likeness (QED) is 0.673. The van der Waals surface area contributed by atoms with Crippen LogP contribution in [-0.4, -0.2) is 10.1 Å². The summed E-state index contributed by atoms with van der Waals surface area (Å²) in [5.74, 6) is 0.754. The molecule has 0 aliphatic heterocycles. The second-order valence-corrected chi connectivity index (χ2v) is 4.23. The van der Waals surface area contributed by atoms with Crippen molar-refractivity contribution in [2.24, 2.45) is 0 Å². The van der Waals surface area contributed by atoms with E-state index in [-0.39, 0.29) is 0 Å². The fourth-order valence-electron chi connectivity index (χ4n) is 1.90. The summed E-state index contributed by atoms with van der Waals surface area (Å²) in [6.45, 7) is 3.07. The maximum absolute atomic E-state index is 5.38. The van der Waals surface area contributed by atoms with E-state index in [1.165, 1.54) is 0 Å². The summed E-state index contributed by atoms with van der Waals surface area (Å²) in [5, 5.41) is 4.11. The van der Waals surface area contributed by atoms with Gasteiger partial charge in [-0.05, 0) is 19.1 Å². The molecule has 3 aromatic rings. The van der Waals surface area contributed by atoms with Crippen LogP contribution < -0.4 is 4.57 Å². The summed E-state index contributed by atoms with van der Waals surface area (Å²) in [6, 6.07) is 9.83. The van der Waals surface area contributed by atoms with E-state index in [1.807, 2.05) is 42.7 Å². The van der Waals surface area contributed by atoms with Gasteiger partial charge in [0.05, 0.1) is 0 Å². The van der Waals surface area contributed by atoms with Crippen molar-refractivity contribution in [2.45, 2.75) is 13.5 Å². The standard InChI is InChI=1S/C15H14N3O/c1-2-18-9-5-12(6-10-18)14-11-15(19-17-14)13-3-7-16-8-4-13/h3-11H,2H2,1H3/q+1. The summed E-state index contributed by atoms with van der Waals surface area (Å²) in [6.07, 6.45) is 7.56. The van der Waals surface area contributed by atoms with Gasteiger partial charge in [0.25, 0.3) is 0 Å². The average Bonchev–Trinajstić information content (AvgIpc) is 2.98. The van der Waals surface area contributed by atoms with Gasteiger partial charge in [-0.1, -0.05) is 5.16 Å². The first-order valence-electron chi connectivity index (χ1n) is 6.23. The highest BCUT2D eigenvalue weighted by atomic mass is 16.5. The van der Waals surface area contributed by atoms with Crippen molar-refractivity contribution in [3.05, 3.63) is 55.1 Å². The molecule has 4 heteroatoms. The molecule has 3 aromatic heterocycles. The molecule has 94 valence electrons. The topological polar surface area (TPSA) is 42.8 Å². The summed E-state index contributed by atoms with van der Waals surface area (Å²) >= 11 is 0. The smallest absolute Gasteiger partial charge is 0.169 e. The number of aryl methyl sites for hydroxylation is 1. The molecule has 0 spiro atoms. The van der Waals surface area contributed by atoms with Gasteiger partial charge < -0.3 is 4.52 Å². The lowest BCUT2D eigenvalue weighted by atomic mass is 10.1. The zero-order valence-electron chi connectivity index (χ0n) is 10.7. The molecular weight excluding hydrogens is 238 g/mol. The number of hydrogen-bond acceptors (Lipinski definition) is 3. The van der Waals surface area contributed by atoms with Crippen LogP contribution in [0.15, 0.2) is 59.6 Å². The Bertz CT molecular complexity index is 659. The molecule has 0 aliphatic carbocycles. The molecule has 0 aliphatic rings. The minimum absolute atomic E-state index is 0.754. The molecule has 0 amide bonds. The molecule has 0 fully saturated rings. The minimum Gasteiger partial charge on any atom is -0.356 e. The summed E-state index contributed by atoms with van der Waals surface area (Å²) in [4.78, 5) is 3.99. The molecular formula is C15H14N3O+. The molecule has 0 saturated carbocycles.